The Morgan fingerprint density at radius 2 is 1.43 bits per heavy atom. The maximum atomic E-state index is 15.1. The molecule has 8 heteroatoms. The van der Waals surface area contributed by atoms with E-state index in [-0.39, 0.29) is 24.3 Å². The Morgan fingerprint density at radius 1 is 0.787 bits per heavy atom. The lowest BCUT2D eigenvalue weighted by Gasteiger charge is -2.40. The van der Waals surface area contributed by atoms with E-state index in [0.717, 1.165) is 27.9 Å². The van der Waals surface area contributed by atoms with Gasteiger partial charge in [-0.05, 0) is 49.4 Å². The Balaban J connectivity index is 1.36. The van der Waals surface area contributed by atoms with Crippen molar-refractivity contribution in [2.24, 2.45) is 11.8 Å². The zero-order chi connectivity index (χ0) is 32.9. The first-order valence-electron chi connectivity index (χ1n) is 16.4. The molecule has 0 bridgehead atoms. The fraction of sp³-hybridized carbons (Fsp3) is 0.359. The number of nitrogens with zero attached hydrogens (tertiary/aromatic N) is 3. The van der Waals surface area contributed by atoms with E-state index in [9.17, 15) is 9.90 Å². The second kappa shape index (κ2) is 12.1. The van der Waals surface area contributed by atoms with Gasteiger partial charge >= 0.3 is 0 Å². The second-order valence-electron chi connectivity index (χ2n) is 13.5. The fourth-order valence-corrected chi connectivity index (χ4v) is 10.6. The molecule has 1 unspecified atom stereocenters. The van der Waals surface area contributed by atoms with Crippen LogP contribution < -0.4 is 4.90 Å². The quantitative estimate of drug-likeness (QED) is 0.362. The lowest BCUT2D eigenvalue weighted by Crippen LogP contribution is -2.57. The molecule has 242 valence electrons. The molecular weight excluding hydrogens is 607 g/mol. The molecule has 7 nitrogen and oxygen atoms in total. The average Bonchev–Trinajstić information content (AvgIpc) is 3.35. The number of carbonyl (C=O) groups is 3. The Morgan fingerprint density at radius 3 is 2.09 bits per heavy atom. The molecule has 4 heterocycles. The molecule has 0 aliphatic carbocycles. The minimum absolute atomic E-state index is 0.0787. The van der Waals surface area contributed by atoms with E-state index in [1.807, 2.05) is 117 Å². The van der Waals surface area contributed by atoms with E-state index in [2.05, 4.69) is 12.2 Å². The predicted octanol–water partition coefficient (Wildman–Crippen LogP) is 5.10. The number of thioether (sulfide) groups is 1. The molecule has 3 amide bonds. The largest absolute Gasteiger partial charge is 0.394 e. The van der Waals surface area contributed by atoms with E-state index in [0.29, 0.717) is 26.1 Å². The maximum Gasteiger partial charge on any atom is 0.251 e. The van der Waals surface area contributed by atoms with Crippen LogP contribution in [0.5, 0.6) is 0 Å². The van der Waals surface area contributed by atoms with Crippen LogP contribution in [0.4, 0.5) is 5.69 Å². The van der Waals surface area contributed by atoms with E-state index in [1.54, 1.807) is 21.6 Å². The van der Waals surface area contributed by atoms with Gasteiger partial charge in [-0.1, -0.05) is 103 Å². The van der Waals surface area contributed by atoms with Crippen molar-refractivity contribution in [2.45, 2.75) is 55.3 Å². The lowest BCUT2D eigenvalue weighted by atomic mass is 9.74. The van der Waals surface area contributed by atoms with E-state index < -0.39 is 33.4 Å². The van der Waals surface area contributed by atoms with Crippen LogP contribution in [0.2, 0.25) is 0 Å². The summed E-state index contributed by atoms with van der Waals surface area (Å²) in [7, 11) is 0. The molecule has 0 saturated carbocycles. The smallest absolute Gasteiger partial charge is 0.251 e. The van der Waals surface area contributed by atoms with Crippen molar-refractivity contribution >= 4 is 35.2 Å². The second-order valence-corrected chi connectivity index (χ2v) is 15.3. The highest BCUT2D eigenvalue weighted by Crippen LogP contribution is 2.66. The number of likely N-dealkylation sites (tertiary alicyclic amines) is 1. The third-order valence-electron chi connectivity index (χ3n) is 10.4. The summed E-state index contributed by atoms with van der Waals surface area (Å²) in [6.45, 7) is 6.98. The molecular formula is C39H41N3O4S. The number of rotatable bonds is 7. The number of fused-ring (bicyclic) bond motifs is 2. The number of aliphatic hydroxyl groups is 1. The first kappa shape index (κ1) is 31.5. The number of aryl methyl sites for hydroxylation is 2. The van der Waals surface area contributed by atoms with E-state index >= 15 is 9.59 Å². The standard InChI is InChI=1S/C39H41N3O4S/c1-26-13-10-14-27(2)33(26)41-22-12-20-39-32(36(45)42(34(39)37(41)46)30(25-43)23-28-15-6-4-7-16-28)31-35(44)40(21-11-19-38(31,3)47-39)24-29-17-8-5-9-18-29/h4-20,30-32,34,43H,21-25H2,1-3H3/t30-,31+,32+,34?,38-,39+/m1/s1. The van der Waals surface area contributed by atoms with Gasteiger partial charge in [-0.25, -0.2) is 0 Å². The Labute approximate surface area is 280 Å². The van der Waals surface area contributed by atoms with Crippen molar-refractivity contribution in [3.05, 3.63) is 125 Å². The first-order chi connectivity index (χ1) is 22.7. The van der Waals surface area contributed by atoms with Crippen LogP contribution in [0.15, 0.2) is 103 Å². The zero-order valence-electron chi connectivity index (χ0n) is 27.1. The van der Waals surface area contributed by atoms with Gasteiger partial charge in [-0.3, -0.25) is 14.4 Å². The highest BCUT2D eigenvalue weighted by atomic mass is 32.2. The van der Waals surface area contributed by atoms with E-state index in [4.69, 9.17) is 0 Å². The van der Waals surface area contributed by atoms with Crippen molar-refractivity contribution in [3.8, 4) is 0 Å². The van der Waals surface area contributed by atoms with Crippen molar-refractivity contribution in [1.82, 2.24) is 9.80 Å². The summed E-state index contributed by atoms with van der Waals surface area (Å²) in [6.07, 6.45) is 8.59. The van der Waals surface area contributed by atoms with Crippen molar-refractivity contribution in [3.63, 3.8) is 0 Å². The summed E-state index contributed by atoms with van der Waals surface area (Å²) < 4.78 is -1.71. The molecule has 6 atom stereocenters. The number of benzene rings is 3. The van der Waals surface area contributed by atoms with Crippen LogP contribution in [0, 0.1) is 25.7 Å². The minimum Gasteiger partial charge on any atom is -0.394 e. The monoisotopic (exact) mass is 647 g/mol. The number of carbonyl (C=O) groups excluding carboxylic acids is 3. The van der Waals surface area contributed by atoms with Gasteiger partial charge in [0, 0.05) is 30.1 Å². The van der Waals surface area contributed by atoms with Gasteiger partial charge < -0.3 is 19.8 Å². The topological polar surface area (TPSA) is 81.2 Å². The van der Waals surface area contributed by atoms with Crippen molar-refractivity contribution in [1.29, 1.82) is 0 Å². The third-order valence-corrected chi connectivity index (χ3v) is 12.2. The van der Waals surface area contributed by atoms with Gasteiger partial charge in [0.2, 0.25) is 11.8 Å². The summed E-state index contributed by atoms with van der Waals surface area (Å²) in [5.74, 6) is -1.96. The molecule has 2 fully saturated rings. The van der Waals surface area contributed by atoms with Crippen molar-refractivity contribution < 1.29 is 19.5 Å². The Kier molecular flexibility index (Phi) is 8.13. The van der Waals surface area contributed by atoms with E-state index in [1.165, 1.54) is 0 Å². The number of anilines is 1. The lowest BCUT2D eigenvalue weighted by molar-refractivity contribution is -0.145. The molecule has 3 aromatic rings. The number of hydrogen-bond donors (Lipinski definition) is 1. The van der Waals surface area contributed by atoms with Gasteiger partial charge in [-0.2, -0.15) is 0 Å². The fourth-order valence-electron chi connectivity index (χ4n) is 8.42. The third kappa shape index (κ3) is 5.13. The maximum absolute atomic E-state index is 15.1. The number of aliphatic hydroxyl groups excluding tert-OH is 1. The summed E-state index contributed by atoms with van der Waals surface area (Å²) in [6, 6.07) is 24.1. The molecule has 47 heavy (non-hydrogen) atoms. The van der Waals surface area contributed by atoms with Crippen LogP contribution >= 0.6 is 11.8 Å². The normalized spacial score (nSPS) is 29.0. The molecule has 0 radical (unpaired) electrons. The molecule has 7 rings (SSSR count). The van der Waals surface area contributed by atoms with Gasteiger partial charge in [0.15, 0.2) is 0 Å². The van der Waals surface area contributed by atoms with Crippen LogP contribution in [0.1, 0.15) is 29.2 Å². The molecule has 4 aliphatic rings. The highest BCUT2D eigenvalue weighted by Gasteiger charge is 2.74. The summed E-state index contributed by atoms with van der Waals surface area (Å²) in [5, 5.41) is 10.9. The Hall–Kier alpha value is -4.14. The van der Waals surface area contributed by atoms with Gasteiger partial charge in [0.1, 0.15) is 6.04 Å². The molecule has 2 saturated heterocycles. The molecule has 1 spiro atoms. The molecule has 3 aromatic carbocycles. The zero-order valence-corrected chi connectivity index (χ0v) is 27.9. The molecule has 0 aromatic heterocycles. The summed E-state index contributed by atoms with van der Waals surface area (Å²) >= 11 is 1.58. The van der Waals surface area contributed by atoms with Gasteiger partial charge in [-0.15, -0.1) is 11.8 Å². The van der Waals surface area contributed by atoms with Crippen LogP contribution in [-0.2, 0) is 27.3 Å². The first-order valence-corrected chi connectivity index (χ1v) is 17.2. The van der Waals surface area contributed by atoms with Crippen molar-refractivity contribution in [2.75, 3.05) is 24.6 Å². The van der Waals surface area contributed by atoms with Gasteiger partial charge in [0.25, 0.3) is 5.91 Å². The number of amides is 3. The summed E-state index contributed by atoms with van der Waals surface area (Å²) in [5.41, 5.74) is 4.78. The predicted molar refractivity (Wildman–Crippen MR) is 186 cm³/mol. The highest BCUT2D eigenvalue weighted by molar-refractivity contribution is 8.02. The van der Waals surface area contributed by atoms with Crippen LogP contribution in [-0.4, -0.2) is 73.9 Å². The summed E-state index contributed by atoms with van der Waals surface area (Å²) in [4.78, 5) is 50.3. The Bertz CT molecular complexity index is 1740. The van der Waals surface area contributed by atoms with Crippen LogP contribution in [0.25, 0.3) is 0 Å². The van der Waals surface area contributed by atoms with Gasteiger partial charge in [0.05, 0.1) is 29.2 Å². The average molecular weight is 648 g/mol. The SMILES string of the molecule is Cc1cccc(C)c1N1CC=C[C@]23S[C@]4(C)C=CCN(Cc5ccccc5)C(=O)[C@@H]4[C@H]2C(=O)N([C@@H](CO)Cc2ccccc2)C3C1=O. The van der Waals surface area contributed by atoms with Crippen LogP contribution in [0.3, 0.4) is 0 Å². The number of hydrogen-bond acceptors (Lipinski definition) is 5. The molecule has 1 N–H and O–H groups in total. The molecule has 4 aliphatic heterocycles. The minimum atomic E-state index is -1.00. The number of para-hydroxylation sites is 1.